The van der Waals surface area contributed by atoms with Crippen molar-refractivity contribution in [3.05, 3.63) is 0 Å². The lowest BCUT2D eigenvalue weighted by molar-refractivity contribution is -0.143. The summed E-state index contributed by atoms with van der Waals surface area (Å²) in [6, 6.07) is -0.292. The van der Waals surface area contributed by atoms with Gasteiger partial charge in [-0.05, 0) is 39.7 Å². The van der Waals surface area contributed by atoms with E-state index in [0.29, 0.717) is 91.7 Å². The Kier molecular flexibility index (Phi) is 22.7. The minimum Gasteiger partial charge on any atom is -0.466 e. The van der Waals surface area contributed by atoms with Crippen LogP contribution in [0.3, 0.4) is 0 Å². The molecule has 0 spiro atoms. The van der Waals surface area contributed by atoms with Gasteiger partial charge in [0.2, 0.25) is 0 Å². The number of carbonyl (C=O) groups is 3. The van der Waals surface area contributed by atoms with Crippen LogP contribution in [0.2, 0.25) is 0 Å². The molecule has 0 saturated carbocycles. The molecule has 0 aromatic heterocycles. The fraction of sp³-hybridized carbons (Fsp3) is 0.870. The van der Waals surface area contributed by atoms with Gasteiger partial charge < -0.3 is 34.7 Å². The summed E-state index contributed by atoms with van der Waals surface area (Å²) in [5.74, 6) is -0.150. The lowest BCUT2D eigenvalue weighted by atomic mass is 10.1. The molecular formula is C23H44N2O8. The predicted molar refractivity (Wildman–Crippen MR) is 124 cm³/mol. The molecule has 0 heterocycles. The maximum absolute atomic E-state index is 11.9. The molecular weight excluding hydrogens is 432 g/mol. The predicted octanol–water partition coefficient (Wildman–Crippen LogP) is 1.03. The zero-order valence-electron chi connectivity index (χ0n) is 20.4. The Hall–Kier alpha value is -1.43. The lowest BCUT2D eigenvalue weighted by Gasteiger charge is -2.15. The summed E-state index contributed by atoms with van der Waals surface area (Å²) in [6.45, 7) is 7.98. The first-order valence-electron chi connectivity index (χ1n) is 11.9. The van der Waals surface area contributed by atoms with Crippen molar-refractivity contribution in [1.82, 2.24) is 5.32 Å². The van der Waals surface area contributed by atoms with Gasteiger partial charge in [-0.2, -0.15) is 0 Å². The number of ketones is 2. The number of hydrogen-bond acceptors (Lipinski definition) is 10. The number of hydrogen-bond donors (Lipinski definition) is 2. The quantitative estimate of drug-likeness (QED) is 0.145. The van der Waals surface area contributed by atoms with Gasteiger partial charge in [-0.1, -0.05) is 6.42 Å². The maximum atomic E-state index is 11.9. The van der Waals surface area contributed by atoms with Gasteiger partial charge in [-0.15, -0.1) is 0 Å². The summed E-state index contributed by atoms with van der Waals surface area (Å²) in [5.41, 5.74) is 5.47. The Balaban J connectivity index is 3.40. The monoisotopic (exact) mass is 476 g/mol. The first-order chi connectivity index (χ1) is 16.0. The van der Waals surface area contributed by atoms with Crippen molar-refractivity contribution < 1.29 is 38.1 Å². The molecule has 33 heavy (non-hydrogen) atoms. The van der Waals surface area contributed by atoms with Crippen LogP contribution in [0.5, 0.6) is 0 Å². The van der Waals surface area contributed by atoms with E-state index in [9.17, 15) is 14.4 Å². The van der Waals surface area contributed by atoms with E-state index >= 15 is 0 Å². The van der Waals surface area contributed by atoms with E-state index in [0.717, 1.165) is 12.8 Å². The van der Waals surface area contributed by atoms with E-state index in [4.69, 9.17) is 29.4 Å². The van der Waals surface area contributed by atoms with Gasteiger partial charge in [0.05, 0.1) is 65.4 Å². The molecule has 0 bridgehead atoms. The molecule has 194 valence electrons. The van der Waals surface area contributed by atoms with Crippen LogP contribution >= 0.6 is 0 Å². The zero-order valence-corrected chi connectivity index (χ0v) is 20.4. The van der Waals surface area contributed by atoms with Gasteiger partial charge in [0.25, 0.3) is 0 Å². The van der Waals surface area contributed by atoms with Crippen molar-refractivity contribution in [3.8, 4) is 0 Å². The highest BCUT2D eigenvalue weighted by molar-refractivity contribution is 5.84. The molecule has 0 aromatic rings. The first kappa shape index (κ1) is 31.6. The smallest absolute Gasteiger partial charge is 0.305 e. The molecule has 0 fully saturated rings. The topological polar surface area (TPSA) is 135 Å². The zero-order chi connectivity index (χ0) is 24.6. The molecule has 0 aromatic carbocycles. The Bertz CT molecular complexity index is 505. The van der Waals surface area contributed by atoms with E-state index in [1.165, 1.54) is 6.92 Å². The van der Waals surface area contributed by atoms with Crippen LogP contribution in [0.15, 0.2) is 0 Å². The van der Waals surface area contributed by atoms with Crippen LogP contribution in [0.25, 0.3) is 0 Å². The number of ether oxygens (including phenoxy) is 5. The summed E-state index contributed by atoms with van der Waals surface area (Å²) in [4.78, 5) is 34.7. The molecule has 0 unspecified atom stereocenters. The maximum Gasteiger partial charge on any atom is 0.305 e. The van der Waals surface area contributed by atoms with Crippen LogP contribution in [0, 0.1) is 0 Å². The van der Waals surface area contributed by atoms with E-state index < -0.39 is 0 Å². The van der Waals surface area contributed by atoms with Gasteiger partial charge in [-0.25, -0.2) is 0 Å². The summed E-state index contributed by atoms with van der Waals surface area (Å²) in [7, 11) is 0. The van der Waals surface area contributed by atoms with Crippen LogP contribution in [-0.2, 0) is 38.1 Å². The van der Waals surface area contributed by atoms with Crippen molar-refractivity contribution in [2.75, 3.05) is 72.6 Å². The van der Waals surface area contributed by atoms with Crippen molar-refractivity contribution in [3.63, 3.8) is 0 Å². The van der Waals surface area contributed by atoms with Crippen molar-refractivity contribution >= 4 is 17.5 Å². The Morgan fingerprint density at radius 2 is 1.36 bits per heavy atom. The number of esters is 1. The fourth-order valence-corrected chi connectivity index (χ4v) is 2.77. The van der Waals surface area contributed by atoms with Crippen molar-refractivity contribution in [2.24, 2.45) is 5.73 Å². The number of Topliss-reactive ketones (excluding diaryl/α,β-unsaturated/α-hetero) is 2. The van der Waals surface area contributed by atoms with Crippen LogP contribution in [-0.4, -0.2) is 96.1 Å². The van der Waals surface area contributed by atoms with Crippen molar-refractivity contribution in [1.29, 1.82) is 0 Å². The Morgan fingerprint density at radius 3 is 1.91 bits per heavy atom. The molecule has 0 saturated heterocycles. The molecule has 0 aliphatic rings. The summed E-state index contributed by atoms with van der Waals surface area (Å²) < 4.78 is 26.4. The Morgan fingerprint density at radius 1 is 0.788 bits per heavy atom. The third-order valence-electron chi connectivity index (χ3n) is 4.60. The van der Waals surface area contributed by atoms with Gasteiger partial charge in [-0.3, -0.25) is 14.4 Å². The van der Waals surface area contributed by atoms with E-state index in [2.05, 4.69) is 5.32 Å². The third-order valence-corrected chi connectivity index (χ3v) is 4.60. The number of carbonyl (C=O) groups excluding carboxylic acids is 3. The molecule has 0 aliphatic carbocycles. The Labute approximate surface area is 198 Å². The highest BCUT2D eigenvalue weighted by Crippen LogP contribution is 2.01. The number of rotatable bonds is 25. The third kappa shape index (κ3) is 22.1. The molecule has 10 nitrogen and oxygen atoms in total. The average molecular weight is 477 g/mol. The van der Waals surface area contributed by atoms with Crippen LogP contribution in [0.1, 0.15) is 52.4 Å². The fourth-order valence-electron chi connectivity index (χ4n) is 2.77. The average Bonchev–Trinajstić information content (AvgIpc) is 2.78. The normalized spacial score (nSPS) is 12.0. The molecule has 0 aliphatic heterocycles. The molecule has 0 amide bonds. The molecule has 1 atom stereocenters. The second-order valence-electron chi connectivity index (χ2n) is 7.48. The standard InChI is InChI=1S/C23H44N2O8/c1-3-33-23(28)8-6-11-29-13-15-31-17-18-32-16-14-30-12-9-21(27)19-25-22(20(2)26)7-4-5-10-24/h22,25H,3-19,24H2,1-2H3/t22-/m0/s1. The van der Waals surface area contributed by atoms with Crippen LogP contribution < -0.4 is 11.1 Å². The molecule has 0 radical (unpaired) electrons. The highest BCUT2D eigenvalue weighted by atomic mass is 16.6. The molecule has 3 N–H and O–H groups in total. The minimum atomic E-state index is -0.292. The summed E-state index contributed by atoms with van der Waals surface area (Å²) in [5, 5.41) is 3.02. The highest BCUT2D eigenvalue weighted by Gasteiger charge is 2.14. The van der Waals surface area contributed by atoms with Gasteiger partial charge in [0.15, 0.2) is 0 Å². The first-order valence-corrected chi connectivity index (χ1v) is 11.9. The molecule has 10 heteroatoms. The van der Waals surface area contributed by atoms with Crippen LogP contribution in [0.4, 0.5) is 0 Å². The summed E-state index contributed by atoms with van der Waals surface area (Å²) >= 11 is 0. The van der Waals surface area contributed by atoms with E-state index in [1.807, 2.05) is 0 Å². The number of nitrogens with two attached hydrogens (primary N) is 1. The minimum absolute atomic E-state index is 0.0116. The lowest BCUT2D eigenvalue weighted by Crippen LogP contribution is -2.38. The number of unbranched alkanes of at least 4 members (excludes halogenated alkanes) is 1. The second-order valence-corrected chi connectivity index (χ2v) is 7.48. The molecule has 0 rings (SSSR count). The SMILES string of the molecule is CCOC(=O)CCCOCCOCCOCCOCCC(=O)CN[C@@H](CCCCN)C(C)=O. The second kappa shape index (κ2) is 23.7. The number of nitrogens with one attached hydrogen (secondary N) is 1. The van der Waals surface area contributed by atoms with Gasteiger partial charge >= 0.3 is 5.97 Å². The van der Waals surface area contributed by atoms with E-state index in [-0.39, 0.29) is 30.1 Å². The van der Waals surface area contributed by atoms with Crippen molar-refractivity contribution in [2.45, 2.75) is 58.4 Å². The van der Waals surface area contributed by atoms with E-state index in [1.54, 1.807) is 6.92 Å². The largest absolute Gasteiger partial charge is 0.466 e. The van der Waals surface area contributed by atoms with Gasteiger partial charge in [0, 0.05) is 19.4 Å². The summed E-state index contributed by atoms with van der Waals surface area (Å²) in [6.07, 6.45) is 3.73. The van der Waals surface area contributed by atoms with Gasteiger partial charge in [0.1, 0.15) is 11.6 Å².